The molecule has 0 aliphatic heterocycles. The first kappa shape index (κ1) is 22.8. The Hall–Kier alpha value is -0.500. The molecule has 2 nitrogen and oxygen atoms in total. The van der Waals surface area contributed by atoms with Crippen LogP contribution >= 0.6 is 12.4 Å². The van der Waals surface area contributed by atoms with Crippen LogP contribution in [-0.2, 0) is 4.79 Å². The maximum atomic E-state index is 10.3. The number of hydrogen-bond acceptors (Lipinski definition) is 1. The van der Waals surface area contributed by atoms with Gasteiger partial charge in [-0.2, -0.15) is 0 Å². The van der Waals surface area contributed by atoms with Crippen molar-refractivity contribution >= 4 is 18.4 Å². The van der Waals surface area contributed by atoms with E-state index < -0.39 is 5.97 Å². The van der Waals surface area contributed by atoms with Gasteiger partial charge < -0.3 is 5.11 Å². The lowest BCUT2D eigenvalue weighted by Crippen LogP contribution is -1.92. The van der Waals surface area contributed by atoms with E-state index in [1.54, 1.807) is 0 Å². The molecule has 0 aromatic rings. The van der Waals surface area contributed by atoms with E-state index in [2.05, 4.69) is 19.1 Å². The molecule has 3 heteroatoms. The standard InChI is InChI=1S/C18H34O2.ClH/c1-2-3-4-5-6-7-8-9-10-11-12-13-14-15-16-17-18(19)20;/h12-13H,2-11,14-17H2,1H3,(H,19,20);1H. The Morgan fingerprint density at radius 1 is 0.762 bits per heavy atom. The van der Waals surface area contributed by atoms with Crippen molar-refractivity contribution in [3.8, 4) is 0 Å². The minimum Gasteiger partial charge on any atom is -0.481 e. The van der Waals surface area contributed by atoms with E-state index in [-0.39, 0.29) is 12.4 Å². The fraction of sp³-hybridized carbons (Fsp3) is 0.833. The van der Waals surface area contributed by atoms with E-state index in [9.17, 15) is 4.79 Å². The predicted molar refractivity (Wildman–Crippen MR) is 94.3 cm³/mol. The highest BCUT2D eigenvalue weighted by Gasteiger charge is 1.94. The minimum atomic E-state index is -0.677. The van der Waals surface area contributed by atoms with E-state index in [4.69, 9.17) is 5.11 Å². The van der Waals surface area contributed by atoms with E-state index in [0.29, 0.717) is 6.42 Å². The molecule has 0 aliphatic carbocycles. The third kappa shape index (κ3) is 21.9. The van der Waals surface area contributed by atoms with Gasteiger partial charge in [0.1, 0.15) is 0 Å². The molecular formula is C18H35ClO2. The van der Waals surface area contributed by atoms with Crippen molar-refractivity contribution in [1.82, 2.24) is 0 Å². The number of carboxylic acid groups (broad SMARTS) is 1. The zero-order chi connectivity index (χ0) is 14.9. The van der Waals surface area contributed by atoms with Gasteiger partial charge in [-0.25, -0.2) is 0 Å². The molecule has 0 bridgehead atoms. The zero-order valence-corrected chi connectivity index (χ0v) is 14.6. The predicted octanol–water partition coefficient (Wildman–Crippen LogP) is 6.53. The lowest BCUT2D eigenvalue weighted by molar-refractivity contribution is -0.137. The number of carbonyl (C=O) groups is 1. The summed E-state index contributed by atoms with van der Waals surface area (Å²) in [5, 5.41) is 8.50. The summed E-state index contributed by atoms with van der Waals surface area (Å²) in [6, 6.07) is 0. The molecule has 0 radical (unpaired) electrons. The van der Waals surface area contributed by atoms with Crippen molar-refractivity contribution < 1.29 is 9.90 Å². The number of allylic oxidation sites excluding steroid dienone is 2. The highest BCUT2D eigenvalue weighted by Crippen LogP contribution is 2.11. The first-order valence-electron chi connectivity index (χ1n) is 8.64. The Bertz CT molecular complexity index is 239. The average Bonchev–Trinajstić information content (AvgIpc) is 2.43. The second-order valence-electron chi connectivity index (χ2n) is 5.73. The lowest BCUT2D eigenvalue weighted by atomic mass is 10.1. The molecule has 21 heavy (non-hydrogen) atoms. The smallest absolute Gasteiger partial charge is 0.303 e. The summed E-state index contributed by atoms with van der Waals surface area (Å²) in [6.45, 7) is 2.26. The largest absolute Gasteiger partial charge is 0.481 e. The van der Waals surface area contributed by atoms with Crippen LogP contribution in [0.15, 0.2) is 12.2 Å². The Morgan fingerprint density at radius 3 is 1.67 bits per heavy atom. The fourth-order valence-corrected chi connectivity index (χ4v) is 2.35. The second-order valence-corrected chi connectivity index (χ2v) is 5.73. The van der Waals surface area contributed by atoms with Crippen molar-refractivity contribution in [2.45, 2.75) is 96.8 Å². The molecule has 0 spiro atoms. The van der Waals surface area contributed by atoms with E-state index in [1.165, 1.54) is 64.2 Å². The summed E-state index contributed by atoms with van der Waals surface area (Å²) >= 11 is 0. The fourth-order valence-electron chi connectivity index (χ4n) is 2.35. The highest BCUT2D eigenvalue weighted by atomic mass is 35.5. The molecule has 0 atom stereocenters. The highest BCUT2D eigenvalue weighted by molar-refractivity contribution is 5.85. The lowest BCUT2D eigenvalue weighted by Gasteiger charge is -2.00. The van der Waals surface area contributed by atoms with Gasteiger partial charge in [-0.15, -0.1) is 12.4 Å². The van der Waals surface area contributed by atoms with Gasteiger partial charge in [0.2, 0.25) is 0 Å². The normalized spacial score (nSPS) is 10.7. The van der Waals surface area contributed by atoms with Crippen LogP contribution in [0.3, 0.4) is 0 Å². The first-order chi connectivity index (χ1) is 9.77. The Morgan fingerprint density at radius 2 is 1.19 bits per heavy atom. The summed E-state index contributed by atoms with van der Waals surface area (Å²) in [5.74, 6) is -0.677. The van der Waals surface area contributed by atoms with Gasteiger partial charge in [-0.05, 0) is 32.1 Å². The monoisotopic (exact) mass is 318 g/mol. The topological polar surface area (TPSA) is 37.3 Å². The van der Waals surface area contributed by atoms with Gasteiger partial charge in [0.25, 0.3) is 0 Å². The maximum absolute atomic E-state index is 10.3. The molecule has 0 aliphatic rings. The molecule has 0 aromatic heterocycles. The first-order valence-corrected chi connectivity index (χ1v) is 8.64. The molecule has 0 amide bonds. The van der Waals surface area contributed by atoms with Crippen LogP contribution in [-0.4, -0.2) is 11.1 Å². The quantitative estimate of drug-likeness (QED) is 0.275. The Labute approximate surface area is 137 Å². The van der Waals surface area contributed by atoms with Crippen molar-refractivity contribution in [2.75, 3.05) is 0 Å². The number of hydrogen-bond donors (Lipinski definition) is 1. The number of rotatable bonds is 15. The minimum absolute atomic E-state index is 0. The summed E-state index contributed by atoms with van der Waals surface area (Å²) < 4.78 is 0. The summed E-state index contributed by atoms with van der Waals surface area (Å²) in [7, 11) is 0. The Kier molecular flexibility index (Phi) is 21.1. The summed E-state index contributed by atoms with van der Waals surface area (Å²) in [6.07, 6.45) is 21.3. The molecule has 0 heterocycles. The van der Waals surface area contributed by atoms with Crippen molar-refractivity contribution in [2.24, 2.45) is 0 Å². The van der Waals surface area contributed by atoms with Crippen LogP contribution in [0.5, 0.6) is 0 Å². The maximum Gasteiger partial charge on any atom is 0.303 e. The third-order valence-electron chi connectivity index (χ3n) is 3.65. The molecule has 0 saturated carbocycles. The second kappa shape index (κ2) is 19.5. The van der Waals surface area contributed by atoms with Gasteiger partial charge in [0.15, 0.2) is 0 Å². The molecular weight excluding hydrogens is 284 g/mol. The van der Waals surface area contributed by atoms with Gasteiger partial charge in [-0.1, -0.05) is 70.4 Å². The van der Waals surface area contributed by atoms with E-state index in [0.717, 1.165) is 19.3 Å². The number of carboxylic acids is 1. The van der Waals surface area contributed by atoms with Crippen LogP contribution in [0.25, 0.3) is 0 Å². The van der Waals surface area contributed by atoms with Gasteiger partial charge in [0.05, 0.1) is 0 Å². The van der Waals surface area contributed by atoms with Gasteiger partial charge in [-0.3, -0.25) is 4.79 Å². The van der Waals surface area contributed by atoms with Crippen LogP contribution in [0.1, 0.15) is 96.8 Å². The molecule has 0 fully saturated rings. The van der Waals surface area contributed by atoms with Crippen LogP contribution in [0.2, 0.25) is 0 Å². The van der Waals surface area contributed by atoms with Crippen molar-refractivity contribution in [3.05, 3.63) is 12.2 Å². The van der Waals surface area contributed by atoms with Crippen molar-refractivity contribution in [3.63, 3.8) is 0 Å². The van der Waals surface area contributed by atoms with E-state index in [1.807, 2.05) is 0 Å². The van der Waals surface area contributed by atoms with Crippen LogP contribution < -0.4 is 0 Å². The van der Waals surface area contributed by atoms with Crippen molar-refractivity contribution in [1.29, 1.82) is 0 Å². The Balaban J connectivity index is 0. The van der Waals surface area contributed by atoms with E-state index >= 15 is 0 Å². The van der Waals surface area contributed by atoms with Crippen LogP contribution in [0.4, 0.5) is 0 Å². The average molecular weight is 319 g/mol. The molecule has 0 unspecified atom stereocenters. The molecule has 0 rings (SSSR count). The molecule has 0 aromatic carbocycles. The number of aliphatic carboxylic acids is 1. The number of unbranched alkanes of at least 4 members (excludes halogenated alkanes) is 11. The molecule has 0 saturated heterocycles. The van der Waals surface area contributed by atoms with Gasteiger partial charge in [0, 0.05) is 6.42 Å². The summed E-state index contributed by atoms with van der Waals surface area (Å²) in [5.41, 5.74) is 0. The SMILES string of the molecule is CCCCCCCCCCCC=CCCCCC(=O)O.Cl. The molecule has 1 N–H and O–H groups in total. The van der Waals surface area contributed by atoms with Gasteiger partial charge >= 0.3 is 5.97 Å². The van der Waals surface area contributed by atoms with Crippen LogP contribution in [0, 0.1) is 0 Å². The summed E-state index contributed by atoms with van der Waals surface area (Å²) in [4.78, 5) is 10.3. The zero-order valence-electron chi connectivity index (χ0n) is 13.8. The third-order valence-corrected chi connectivity index (χ3v) is 3.65. The number of halogens is 1. The molecule has 126 valence electrons.